The van der Waals surface area contributed by atoms with Gasteiger partial charge in [-0.05, 0) is 36.8 Å². The summed E-state index contributed by atoms with van der Waals surface area (Å²) in [6.07, 6.45) is 0. The number of aliphatic carboxylic acids is 1. The van der Waals surface area contributed by atoms with E-state index in [4.69, 9.17) is 16.7 Å². The first-order valence-electron chi connectivity index (χ1n) is 6.51. The Kier molecular flexibility index (Phi) is 4.68. The Balaban J connectivity index is 2.34. The summed E-state index contributed by atoms with van der Waals surface area (Å²) in [5, 5.41) is 21.7. The SMILES string of the molecule is CC(C(=O)O)c1ccc(O)cc1NC(=O)c1cccc(Cl)c1. The fraction of sp³-hybridized carbons (Fsp3) is 0.125. The van der Waals surface area contributed by atoms with Crippen molar-refractivity contribution < 1.29 is 19.8 Å². The molecular formula is C16H14ClNO4. The number of hydrogen-bond donors (Lipinski definition) is 3. The van der Waals surface area contributed by atoms with Crippen LogP contribution < -0.4 is 5.32 Å². The first kappa shape index (κ1) is 15.9. The number of benzene rings is 2. The van der Waals surface area contributed by atoms with Crippen molar-refractivity contribution >= 4 is 29.2 Å². The highest BCUT2D eigenvalue weighted by atomic mass is 35.5. The van der Waals surface area contributed by atoms with Crippen molar-refractivity contribution in [1.82, 2.24) is 0 Å². The molecule has 114 valence electrons. The van der Waals surface area contributed by atoms with Crippen LogP contribution in [0, 0.1) is 0 Å². The van der Waals surface area contributed by atoms with Gasteiger partial charge in [0.2, 0.25) is 0 Å². The average molecular weight is 320 g/mol. The van der Waals surface area contributed by atoms with Crippen molar-refractivity contribution in [2.45, 2.75) is 12.8 Å². The van der Waals surface area contributed by atoms with Gasteiger partial charge >= 0.3 is 5.97 Å². The Morgan fingerprint density at radius 1 is 1.18 bits per heavy atom. The molecule has 0 spiro atoms. The minimum Gasteiger partial charge on any atom is -0.508 e. The molecule has 5 nitrogen and oxygen atoms in total. The van der Waals surface area contributed by atoms with Gasteiger partial charge in [-0.25, -0.2) is 0 Å². The molecule has 0 heterocycles. The van der Waals surface area contributed by atoms with Crippen molar-refractivity contribution in [2.75, 3.05) is 5.32 Å². The maximum absolute atomic E-state index is 12.2. The molecule has 3 N–H and O–H groups in total. The Labute approximate surface area is 132 Å². The molecule has 22 heavy (non-hydrogen) atoms. The maximum atomic E-state index is 12.2. The van der Waals surface area contributed by atoms with E-state index in [0.717, 1.165) is 0 Å². The molecule has 0 saturated heterocycles. The number of halogens is 1. The van der Waals surface area contributed by atoms with Gasteiger partial charge in [-0.3, -0.25) is 9.59 Å². The van der Waals surface area contributed by atoms with Crippen LogP contribution in [0.25, 0.3) is 0 Å². The molecule has 0 aromatic heterocycles. The molecular weight excluding hydrogens is 306 g/mol. The van der Waals surface area contributed by atoms with Gasteiger partial charge in [0.25, 0.3) is 5.91 Å². The average Bonchev–Trinajstić information content (AvgIpc) is 2.46. The highest BCUT2D eigenvalue weighted by Crippen LogP contribution is 2.29. The Morgan fingerprint density at radius 3 is 2.55 bits per heavy atom. The van der Waals surface area contributed by atoms with Crippen LogP contribution in [0.2, 0.25) is 5.02 Å². The molecule has 6 heteroatoms. The van der Waals surface area contributed by atoms with Gasteiger partial charge in [-0.1, -0.05) is 23.7 Å². The first-order chi connectivity index (χ1) is 10.4. The molecule has 0 radical (unpaired) electrons. The van der Waals surface area contributed by atoms with Crippen LogP contribution in [-0.4, -0.2) is 22.1 Å². The van der Waals surface area contributed by atoms with E-state index in [0.29, 0.717) is 16.1 Å². The fourth-order valence-electron chi connectivity index (χ4n) is 1.99. The lowest BCUT2D eigenvalue weighted by Gasteiger charge is -2.14. The van der Waals surface area contributed by atoms with Crippen molar-refractivity contribution in [3.63, 3.8) is 0 Å². The molecule has 0 aliphatic rings. The Bertz CT molecular complexity index is 730. The summed E-state index contributed by atoms with van der Waals surface area (Å²) in [7, 11) is 0. The number of phenols is 1. The van der Waals surface area contributed by atoms with E-state index in [2.05, 4.69) is 5.32 Å². The van der Waals surface area contributed by atoms with E-state index >= 15 is 0 Å². The largest absolute Gasteiger partial charge is 0.508 e. The van der Waals surface area contributed by atoms with E-state index in [-0.39, 0.29) is 11.4 Å². The zero-order chi connectivity index (χ0) is 16.3. The highest BCUT2D eigenvalue weighted by Gasteiger charge is 2.19. The number of carbonyl (C=O) groups excluding carboxylic acids is 1. The van der Waals surface area contributed by atoms with Gasteiger partial charge in [0, 0.05) is 22.3 Å². The lowest BCUT2D eigenvalue weighted by atomic mass is 9.99. The van der Waals surface area contributed by atoms with Gasteiger partial charge in [0.1, 0.15) is 5.75 Å². The molecule has 2 rings (SSSR count). The summed E-state index contributed by atoms with van der Waals surface area (Å²) in [5.41, 5.74) is 0.991. The molecule has 0 saturated carbocycles. The standard InChI is InChI=1S/C16H14ClNO4/c1-9(16(21)22)13-6-5-12(19)8-14(13)18-15(20)10-3-2-4-11(17)7-10/h2-9,19H,1H3,(H,18,20)(H,21,22). The number of amides is 1. The molecule has 1 unspecified atom stereocenters. The first-order valence-corrected chi connectivity index (χ1v) is 6.89. The van der Waals surface area contributed by atoms with Crippen LogP contribution >= 0.6 is 11.6 Å². The van der Waals surface area contributed by atoms with Gasteiger partial charge < -0.3 is 15.5 Å². The van der Waals surface area contributed by atoms with E-state index in [1.54, 1.807) is 18.2 Å². The summed E-state index contributed by atoms with van der Waals surface area (Å²) in [6, 6.07) is 10.5. The Morgan fingerprint density at radius 2 is 1.91 bits per heavy atom. The third-order valence-corrected chi connectivity index (χ3v) is 3.44. The second-order valence-electron chi connectivity index (χ2n) is 4.80. The summed E-state index contributed by atoms with van der Waals surface area (Å²) < 4.78 is 0. The molecule has 1 atom stereocenters. The maximum Gasteiger partial charge on any atom is 0.310 e. The normalized spacial score (nSPS) is 11.7. The monoisotopic (exact) mass is 319 g/mol. The van der Waals surface area contributed by atoms with Crippen LogP contribution in [0.1, 0.15) is 28.8 Å². The third kappa shape index (κ3) is 3.56. The Hall–Kier alpha value is -2.53. The van der Waals surface area contributed by atoms with Gasteiger partial charge in [0.15, 0.2) is 0 Å². The number of carbonyl (C=O) groups is 2. The predicted octanol–water partition coefficient (Wildman–Crippen LogP) is 3.49. The molecule has 1 amide bonds. The number of aromatic hydroxyl groups is 1. The van der Waals surface area contributed by atoms with Crippen LogP contribution in [0.15, 0.2) is 42.5 Å². The van der Waals surface area contributed by atoms with Crippen molar-refractivity contribution in [1.29, 1.82) is 0 Å². The summed E-state index contributed by atoms with van der Waals surface area (Å²) in [5.74, 6) is -2.35. The van der Waals surface area contributed by atoms with Crippen LogP contribution in [0.3, 0.4) is 0 Å². The minimum absolute atomic E-state index is 0.0669. The number of hydrogen-bond acceptors (Lipinski definition) is 3. The highest BCUT2D eigenvalue weighted by molar-refractivity contribution is 6.31. The van der Waals surface area contributed by atoms with E-state index < -0.39 is 17.8 Å². The van der Waals surface area contributed by atoms with E-state index in [9.17, 15) is 14.7 Å². The second-order valence-corrected chi connectivity index (χ2v) is 5.23. The molecule has 2 aromatic rings. The lowest BCUT2D eigenvalue weighted by Crippen LogP contribution is -2.16. The third-order valence-electron chi connectivity index (χ3n) is 3.21. The molecule has 0 fully saturated rings. The molecule has 2 aromatic carbocycles. The zero-order valence-corrected chi connectivity index (χ0v) is 12.5. The van der Waals surface area contributed by atoms with Crippen LogP contribution in [-0.2, 0) is 4.79 Å². The van der Waals surface area contributed by atoms with Crippen LogP contribution in [0.5, 0.6) is 5.75 Å². The van der Waals surface area contributed by atoms with Crippen molar-refractivity contribution in [3.8, 4) is 5.75 Å². The van der Waals surface area contributed by atoms with Crippen LogP contribution in [0.4, 0.5) is 5.69 Å². The number of carboxylic acids is 1. The number of rotatable bonds is 4. The summed E-state index contributed by atoms with van der Waals surface area (Å²) >= 11 is 5.84. The predicted molar refractivity (Wildman–Crippen MR) is 83.6 cm³/mol. The minimum atomic E-state index is -1.02. The number of anilines is 1. The quantitative estimate of drug-likeness (QED) is 0.805. The zero-order valence-electron chi connectivity index (χ0n) is 11.7. The fourth-order valence-corrected chi connectivity index (χ4v) is 2.18. The topological polar surface area (TPSA) is 86.6 Å². The molecule has 0 aliphatic carbocycles. The lowest BCUT2D eigenvalue weighted by molar-refractivity contribution is -0.138. The molecule has 0 aliphatic heterocycles. The van der Waals surface area contributed by atoms with Gasteiger partial charge in [0.05, 0.1) is 5.92 Å². The second kappa shape index (κ2) is 6.49. The summed E-state index contributed by atoms with van der Waals surface area (Å²) in [4.78, 5) is 23.4. The van der Waals surface area contributed by atoms with Gasteiger partial charge in [-0.2, -0.15) is 0 Å². The number of nitrogens with one attached hydrogen (secondary N) is 1. The number of phenolic OH excluding ortho intramolecular Hbond substituents is 1. The van der Waals surface area contributed by atoms with Gasteiger partial charge in [-0.15, -0.1) is 0 Å². The molecule has 0 bridgehead atoms. The van der Waals surface area contributed by atoms with Crippen molar-refractivity contribution in [2.24, 2.45) is 0 Å². The summed E-state index contributed by atoms with van der Waals surface area (Å²) in [6.45, 7) is 1.50. The smallest absolute Gasteiger partial charge is 0.310 e. The van der Waals surface area contributed by atoms with E-state index in [1.807, 2.05) is 0 Å². The van der Waals surface area contributed by atoms with E-state index in [1.165, 1.54) is 31.2 Å². The van der Waals surface area contributed by atoms with Crippen molar-refractivity contribution in [3.05, 3.63) is 58.6 Å². The number of carboxylic acid groups (broad SMARTS) is 1.